The number of benzene rings is 1. The maximum atomic E-state index is 11.7. The lowest BCUT2D eigenvalue weighted by atomic mass is 10.0. The molecule has 0 aliphatic rings. The van der Waals surface area contributed by atoms with Crippen LogP contribution in [0.2, 0.25) is 0 Å². The predicted molar refractivity (Wildman–Crippen MR) is 78.8 cm³/mol. The fourth-order valence-corrected chi connectivity index (χ4v) is 2.31. The maximum Gasteiger partial charge on any atom is 0.305 e. The van der Waals surface area contributed by atoms with Gasteiger partial charge in [0.25, 0.3) is 5.91 Å². The molecule has 0 atom stereocenters. The molecule has 20 heavy (non-hydrogen) atoms. The van der Waals surface area contributed by atoms with Gasteiger partial charge in [0, 0.05) is 5.54 Å². The number of halogens is 1. The highest BCUT2D eigenvalue weighted by molar-refractivity contribution is 9.10. The van der Waals surface area contributed by atoms with Crippen LogP contribution in [0, 0.1) is 6.92 Å². The average Bonchev–Trinajstić information content (AvgIpc) is 2.24. The van der Waals surface area contributed by atoms with Gasteiger partial charge in [-0.15, -0.1) is 0 Å². The van der Waals surface area contributed by atoms with Crippen LogP contribution in [0.4, 0.5) is 0 Å². The number of carbonyl (C=O) groups is 2. The van der Waals surface area contributed by atoms with E-state index in [0.29, 0.717) is 5.75 Å². The number of amides is 1. The number of rotatable bonds is 6. The third kappa shape index (κ3) is 5.61. The molecule has 6 heteroatoms. The standard InChI is InChI=1S/C14H18BrNO4/c1-9-4-5-11(10(15)6-9)20-8-12(17)16-14(2,3)7-13(18)19/h4-6H,7-8H2,1-3H3,(H,16,17)(H,18,19). The van der Waals surface area contributed by atoms with Crippen LogP contribution in [0.25, 0.3) is 0 Å². The second-order valence-electron chi connectivity index (χ2n) is 5.23. The summed E-state index contributed by atoms with van der Waals surface area (Å²) in [4.78, 5) is 22.4. The Morgan fingerprint density at radius 3 is 2.60 bits per heavy atom. The number of ether oxygens (including phenoxy) is 1. The van der Waals surface area contributed by atoms with Crippen LogP contribution in [0.15, 0.2) is 22.7 Å². The first-order valence-corrected chi connectivity index (χ1v) is 6.91. The van der Waals surface area contributed by atoms with E-state index in [1.54, 1.807) is 19.9 Å². The molecule has 1 aromatic carbocycles. The molecule has 1 amide bonds. The van der Waals surface area contributed by atoms with Crippen LogP contribution >= 0.6 is 15.9 Å². The lowest BCUT2D eigenvalue weighted by Gasteiger charge is -2.24. The zero-order chi connectivity index (χ0) is 15.3. The highest BCUT2D eigenvalue weighted by Crippen LogP contribution is 2.25. The lowest BCUT2D eigenvalue weighted by Crippen LogP contribution is -2.46. The lowest BCUT2D eigenvalue weighted by molar-refractivity contribution is -0.138. The van der Waals surface area contributed by atoms with Crippen LogP contribution in [0.3, 0.4) is 0 Å². The molecule has 1 rings (SSSR count). The van der Waals surface area contributed by atoms with Gasteiger partial charge in [0.2, 0.25) is 0 Å². The topological polar surface area (TPSA) is 75.6 Å². The van der Waals surface area contributed by atoms with Gasteiger partial charge in [0.1, 0.15) is 5.75 Å². The SMILES string of the molecule is Cc1ccc(OCC(=O)NC(C)(C)CC(=O)O)c(Br)c1. The van der Waals surface area contributed by atoms with Gasteiger partial charge in [-0.05, 0) is 54.4 Å². The van der Waals surface area contributed by atoms with E-state index >= 15 is 0 Å². The Labute approximate surface area is 126 Å². The summed E-state index contributed by atoms with van der Waals surface area (Å²) in [5, 5.41) is 11.4. The Kier molecular flexibility index (Phi) is 5.56. The van der Waals surface area contributed by atoms with Crippen LogP contribution < -0.4 is 10.1 Å². The Hall–Kier alpha value is -1.56. The van der Waals surface area contributed by atoms with Gasteiger partial charge >= 0.3 is 5.97 Å². The molecular weight excluding hydrogens is 326 g/mol. The minimum atomic E-state index is -0.961. The van der Waals surface area contributed by atoms with Gasteiger partial charge < -0.3 is 15.2 Å². The molecule has 0 bridgehead atoms. The quantitative estimate of drug-likeness (QED) is 0.831. The van der Waals surface area contributed by atoms with Gasteiger partial charge in [-0.3, -0.25) is 9.59 Å². The number of hydrogen-bond acceptors (Lipinski definition) is 3. The van der Waals surface area contributed by atoms with Crippen molar-refractivity contribution in [2.45, 2.75) is 32.7 Å². The molecular formula is C14H18BrNO4. The van der Waals surface area contributed by atoms with E-state index in [-0.39, 0.29) is 18.9 Å². The first kappa shape index (κ1) is 16.5. The van der Waals surface area contributed by atoms with Crippen molar-refractivity contribution >= 4 is 27.8 Å². The minimum Gasteiger partial charge on any atom is -0.483 e. The third-order valence-electron chi connectivity index (χ3n) is 2.52. The van der Waals surface area contributed by atoms with Crippen LogP contribution in [0.1, 0.15) is 25.8 Å². The Morgan fingerprint density at radius 2 is 2.05 bits per heavy atom. The molecule has 0 saturated carbocycles. The van der Waals surface area contributed by atoms with Crippen molar-refractivity contribution in [1.82, 2.24) is 5.32 Å². The fourth-order valence-electron chi connectivity index (χ4n) is 1.70. The van der Waals surface area contributed by atoms with E-state index in [1.807, 2.05) is 19.1 Å². The summed E-state index contributed by atoms with van der Waals surface area (Å²) < 4.78 is 6.17. The van der Waals surface area contributed by atoms with Gasteiger partial charge in [-0.25, -0.2) is 0 Å². The minimum absolute atomic E-state index is 0.146. The molecule has 0 aliphatic carbocycles. The molecule has 0 aromatic heterocycles. The summed E-state index contributed by atoms with van der Waals surface area (Å²) in [5.74, 6) is -0.747. The van der Waals surface area contributed by atoms with Crippen molar-refractivity contribution in [3.63, 3.8) is 0 Å². The molecule has 0 fully saturated rings. The zero-order valence-electron chi connectivity index (χ0n) is 11.7. The molecule has 0 heterocycles. The highest BCUT2D eigenvalue weighted by atomic mass is 79.9. The first-order chi connectivity index (χ1) is 9.19. The van der Waals surface area contributed by atoms with Crippen LogP contribution in [0.5, 0.6) is 5.75 Å². The molecule has 0 radical (unpaired) electrons. The number of aryl methyl sites for hydroxylation is 1. The van der Waals surface area contributed by atoms with Gasteiger partial charge in [0.15, 0.2) is 6.61 Å². The Bertz CT molecular complexity index is 514. The van der Waals surface area contributed by atoms with Gasteiger partial charge in [-0.1, -0.05) is 6.07 Å². The van der Waals surface area contributed by atoms with E-state index in [2.05, 4.69) is 21.2 Å². The number of carboxylic acid groups (broad SMARTS) is 1. The molecule has 0 saturated heterocycles. The molecule has 0 aliphatic heterocycles. The van der Waals surface area contributed by atoms with Crippen molar-refractivity contribution in [3.8, 4) is 5.75 Å². The number of carboxylic acids is 1. The molecule has 2 N–H and O–H groups in total. The second kappa shape index (κ2) is 6.74. The van der Waals surface area contributed by atoms with E-state index in [0.717, 1.165) is 10.0 Å². The number of carbonyl (C=O) groups excluding carboxylic acids is 1. The highest BCUT2D eigenvalue weighted by Gasteiger charge is 2.23. The van der Waals surface area contributed by atoms with Crippen molar-refractivity contribution < 1.29 is 19.4 Å². The van der Waals surface area contributed by atoms with E-state index in [1.165, 1.54) is 0 Å². The fraction of sp³-hybridized carbons (Fsp3) is 0.429. The summed E-state index contributed by atoms with van der Waals surface area (Å²) >= 11 is 3.36. The summed E-state index contributed by atoms with van der Waals surface area (Å²) in [6.45, 7) is 5.10. The van der Waals surface area contributed by atoms with Crippen molar-refractivity contribution in [2.75, 3.05) is 6.61 Å². The number of nitrogens with one attached hydrogen (secondary N) is 1. The summed E-state index contributed by atoms with van der Waals surface area (Å²) in [6, 6.07) is 5.54. The zero-order valence-corrected chi connectivity index (χ0v) is 13.3. The molecule has 0 unspecified atom stereocenters. The van der Waals surface area contributed by atoms with Gasteiger partial charge in [0.05, 0.1) is 10.9 Å². The molecule has 110 valence electrons. The van der Waals surface area contributed by atoms with E-state index in [9.17, 15) is 9.59 Å². The molecule has 0 spiro atoms. The van der Waals surface area contributed by atoms with Crippen molar-refractivity contribution in [3.05, 3.63) is 28.2 Å². The Balaban J connectivity index is 2.53. The van der Waals surface area contributed by atoms with Crippen molar-refractivity contribution in [2.24, 2.45) is 0 Å². The van der Waals surface area contributed by atoms with Gasteiger partial charge in [-0.2, -0.15) is 0 Å². The van der Waals surface area contributed by atoms with E-state index < -0.39 is 11.5 Å². The molecule has 5 nitrogen and oxygen atoms in total. The summed E-state index contributed by atoms with van der Waals surface area (Å²) in [6.07, 6.45) is -0.146. The van der Waals surface area contributed by atoms with E-state index in [4.69, 9.17) is 9.84 Å². The Morgan fingerprint density at radius 1 is 1.40 bits per heavy atom. The van der Waals surface area contributed by atoms with Crippen LogP contribution in [-0.2, 0) is 9.59 Å². The number of aliphatic carboxylic acids is 1. The molecule has 1 aromatic rings. The smallest absolute Gasteiger partial charge is 0.305 e. The monoisotopic (exact) mass is 343 g/mol. The summed E-state index contributed by atoms with van der Waals surface area (Å²) in [7, 11) is 0. The largest absolute Gasteiger partial charge is 0.483 e. The second-order valence-corrected chi connectivity index (χ2v) is 6.08. The average molecular weight is 344 g/mol. The number of hydrogen-bond donors (Lipinski definition) is 2. The third-order valence-corrected chi connectivity index (χ3v) is 3.14. The summed E-state index contributed by atoms with van der Waals surface area (Å²) in [5.41, 5.74) is 0.271. The maximum absolute atomic E-state index is 11.7. The first-order valence-electron chi connectivity index (χ1n) is 6.11. The van der Waals surface area contributed by atoms with Crippen molar-refractivity contribution in [1.29, 1.82) is 0 Å². The normalized spacial score (nSPS) is 11.0. The predicted octanol–water partition coefficient (Wildman–Crippen LogP) is 2.51. The van der Waals surface area contributed by atoms with Crippen LogP contribution in [-0.4, -0.2) is 29.1 Å².